The summed E-state index contributed by atoms with van der Waals surface area (Å²) in [7, 11) is 1.20. The van der Waals surface area contributed by atoms with E-state index in [1.54, 1.807) is 6.07 Å². The smallest absolute Gasteiger partial charge is 0.326 e. The Kier molecular flexibility index (Phi) is 3.92. The molecule has 1 atom stereocenters. The van der Waals surface area contributed by atoms with Crippen LogP contribution in [0.25, 0.3) is 0 Å². The molecule has 1 unspecified atom stereocenters. The van der Waals surface area contributed by atoms with Crippen molar-refractivity contribution in [1.29, 1.82) is 0 Å². The molecule has 0 aliphatic carbocycles. The van der Waals surface area contributed by atoms with Crippen molar-refractivity contribution in [2.75, 3.05) is 13.7 Å². The first-order valence-electron chi connectivity index (χ1n) is 5.66. The van der Waals surface area contributed by atoms with Crippen LogP contribution in [-0.4, -0.2) is 26.0 Å². The lowest BCUT2D eigenvalue weighted by molar-refractivity contribution is -0.150. The van der Waals surface area contributed by atoms with Crippen LogP contribution in [0.2, 0.25) is 5.02 Å². The van der Waals surface area contributed by atoms with Gasteiger partial charge in [-0.3, -0.25) is 0 Å². The molecule has 0 spiro atoms. The molecule has 19 heavy (non-hydrogen) atoms. The Bertz CT molecular complexity index is 481. The molecule has 0 saturated heterocycles. The largest absolute Gasteiger partial charge is 0.493 e. The van der Waals surface area contributed by atoms with Crippen LogP contribution in [0.15, 0.2) is 12.1 Å². The third-order valence-corrected chi connectivity index (χ3v) is 3.27. The predicted octanol–water partition coefficient (Wildman–Crippen LogP) is 3.44. The quantitative estimate of drug-likeness (QED) is 0.860. The van der Waals surface area contributed by atoms with Crippen LogP contribution < -0.4 is 10.1 Å². The number of fused-ring (bicyclic) bond motifs is 1. The Labute approximate surface area is 112 Å². The zero-order valence-corrected chi connectivity index (χ0v) is 10.8. The van der Waals surface area contributed by atoms with Crippen molar-refractivity contribution in [2.24, 2.45) is 0 Å². The van der Waals surface area contributed by atoms with Crippen molar-refractivity contribution in [3.05, 3.63) is 28.3 Å². The minimum absolute atomic E-state index is 0.0344. The minimum atomic E-state index is -4.21. The second-order valence-corrected chi connectivity index (χ2v) is 4.72. The first kappa shape index (κ1) is 14.4. The number of alkyl halides is 4. The molecule has 1 aliphatic heterocycles. The number of halogens is 5. The maximum atomic E-state index is 13.6. The van der Waals surface area contributed by atoms with Gasteiger partial charge in [0.05, 0.1) is 6.61 Å². The molecule has 2 nitrogen and oxygen atoms in total. The summed E-state index contributed by atoms with van der Waals surface area (Å²) in [6.07, 6.45) is -3.25. The van der Waals surface area contributed by atoms with Crippen molar-refractivity contribution < 1.29 is 22.3 Å². The minimum Gasteiger partial charge on any atom is -0.493 e. The van der Waals surface area contributed by atoms with Crippen molar-refractivity contribution in [3.8, 4) is 5.75 Å². The maximum absolute atomic E-state index is 13.6. The lowest BCUT2D eigenvalue weighted by atomic mass is 9.97. The zero-order chi connectivity index (χ0) is 14.2. The van der Waals surface area contributed by atoms with Crippen LogP contribution >= 0.6 is 11.6 Å². The monoisotopic (exact) mass is 297 g/mol. The molecule has 0 saturated carbocycles. The lowest BCUT2D eigenvalue weighted by Crippen LogP contribution is -2.41. The summed E-state index contributed by atoms with van der Waals surface area (Å²) in [5.74, 6) is -3.98. The van der Waals surface area contributed by atoms with E-state index in [1.165, 1.54) is 13.1 Å². The predicted molar refractivity (Wildman–Crippen MR) is 63.4 cm³/mol. The topological polar surface area (TPSA) is 21.3 Å². The summed E-state index contributed by atoms with van der Waals surface area (Å²) in [5.41, 5.74) is 0.626. The van der Waals surface area contributed by atoms with Crippen LogP contribution in [0.4, 0.5) is 17.6 Å². The average Bonchev–Trinajstić information content (AvgIpc) is 2.77. The van der Waals surface area contributed by atoms with Gasteiger partial charge in [0.15, 0.2) is 0 Å². The van der Waals surface area contributed by atoms with E-state index in [0.29, 0.717) is 18.6 Å². The molecule has 2 rings (SSSR count). The number of ether oxygens (including phenoxy) is 1. The van der Waals surface area contributed by atoms with Gasteiger partial charge in [-0.05, 0) is 24.7 Å². The Morgan fingerprint density at radius 2 is 2.05 bits per heavy atom. The molecule has 0 bridgehead atoms. The highest BCUT2D eigenvalue weighted by molar-refractivity contribution is 6.30. The fourth-order valence-corrected chi connectivity index (χ4v) is 2.44. The van der Waals surface area contributed by atoms with Crippen molar-refractivity contribution in [1.82, 2.24) is 5.32 Å². The summed E-state index contributed by atoms with van der Waals surface area (Å²) in [4.78, 5) is 0. The van der Waals surface area contributed by atoms with Crippen molar-refractivity contribution in [3.63, 3.8) is 0 Å². The average molecular weight is 298 g/mol. The van der Waals surface area contributed by atoms with Crippen molar-refractivity contribution >= 4 is 11.6 Å². The van der Waals surface area contributed by atoms with E-state index in [0.717, 1.165) is 0 Å². The van der Waals surface area contributed by atoms with Gasteiger partial charge >= 0.3 is 12.3 Å². The van der Waals surface area contributed by atoms with E-state index in [1.807, 2.05) is 0 Å². The van der Waals surface area contributed by atoms with E-state index < -0.39 is 18.4 Å². The van der Waals surface area contributed by atoms with Crippen LogP contribution in [-0.2, 0) is 6.42 Å². The Hall–Kier alpha value is -1.01. The van der Waals surface area contributed by atoms with Crippen LogP contribution in [0.3, 0.4) is 0 Å². The van der Waals surface area contributed by atoms with E-state index in [9.17, 15) is 17.6 Å². The first-order valence-corrected chi connectivity index (χ1v) is 6.04. The number of benzene rings is 1. The van der Waals surface area contributed by atoms with Gasteiger partial charge in [0.2, 0.25) is 0 Å². The molecular formula is C12H12ClF4NO. The third kappa shape index (κ3) is 2.51. The molecule has 1 aliphatic rings. The van der Waals surface area contributed by atoms with Crippen molar-refractivity contribution in [2.45, 2.75) is 24.8 Å². The van der Waals surface area contributed by atoms with Gasteiger partial charge in [0.25, 0.3) is 0 Å². The van der Waals surface area contributed by atoms with Gasteiger partial charge in [0, 0.05) is 17.0 Å². The normalized spacial score (nSPS) is 16.4. The van der Waals surface area contributed by atoms with E-state index >= 15 is 0 Å². The summed E-state index contributed by atoms with van der Waals surface area (Å²) in [6.45, 7) is 0.333. The molecule has 1 aromatic rings. The molecule has 0 radical (unpaired) electrons. The van der Waals surface area contributed by atoms with E-state index in [-0.39, 0.29) is 16.3 Å². The van der Waals surface area contributed by atoms with Gasteiger partial charge < -0.3 is 10.1 Å². The van der Waals surface area contributed by atoms with Crippen LogP contribution in [0.5, 0.6) is 5.75 Å². The fraction of sp³-hybridized carbons (Fsp3) is 0.500. The highest BCUT2D eigenvalue weighted by Crippen LogP contribution is 2.43. The zero-order valence-electron chi connectivity index (χ0n) is 10.0. The SMILES string of the molecule is CNC(c1cc(Cl)cc2c1OCC2)C(F)(F)C(F)F. The first-order chi connectivity index (χ1) is 8.87. The van der Waals surface area contributed by atoms with Gasteiger partial charge in [-0.1, -0.05) is 11.6 Å². The van der Waals surface area contributed by atoms with E-state index in [4.69, 9.17) is 16.3 Å². The Morgan fingerprint density at radius 1 is 1.37 bits per heavy atom. The maximum Gasteiger partial charge on any atom is 0.326 e. The second kappa shape index (κ2) is 5.17. The third-order valence-electron chi connectivity index (χ3n) is 3.05. The number of nitrogens with one attached hydrogen (secondary N) is 1. The van der Waals surface area contributed by atoms with E-state index in [2.05, 4.69) is 5.32 Å². The van der Waals surface area contributed by atoms with Crippen LogP contribution in [0, 0.1) is 0 Å². The molecule has 1 heterocycles. The number of hydrogen-bond acceptors (Lipinski definition) is 2. The Balaban J connectivity index is 2.50. The highest BCUT2D eigenvalue weighted by atomic mass is 35.5. The summed E-state index contributed by atoms with van der Waals surface area (Å²) < 4.78 is 57.5. The molecule has 0 aromatic heterocycles. The standard InChI is InChI=1S/C12H12ClF4NO/c1-18-10(12(16,17)11(14)15)8-5-7(13)4-6-2-3-19-9(6)8/h4-5,10-11,18H,2-3H2,1H3. The molecule has 7 heteroatoms. The van der Waals surface area contributed by atoms with Gasteiger partial charge in [-0.2, -0.15) is 8.78 Å². The second-order valence-electron chi connectivity index (χ2n) is 4.28. The molecular weight excluding hydrogens is 286 g/mol. The highest BCUT2D eigenvalue weighted by Gasteiger charge is 2.50. The molecule has 1 aromatic carbocycles. The fourth-order valence-electron chi connectivity index (χ4n) is 2.19. The summed E-state index contributed by atoms with van der Waals surface area (Å²) in [5, 5.41) is 2.45. The Morgan fingerprint density at radius 3 is 2.63 bits per heavy atom. The van der Waals surface area contributed by atoms with Gasteiger partial charge in [-0.25, -0.2) is 8.78 Å². The van der Waals surface area contributed by atoms with Gasteiger partial charge in [0.1, 0.15) is 11.8 Å². The number of rotatable bonds is 4. The molecule has 0 fully saturated rings. The molecule has 0 amide bonds. The van der Waals surface area contributed by atoms with Crippen LogP contribution in [0.1, 0.15) is 17.2 Å². The molecule has 106 valence electrons. The lowest BCUT2D eigenvalue weighted by Gasteiger charge is -2.27. The molecule has 1 N–H and O–H groups in total. The summed E-state index contributed by atoms with van der Waals surface area (Å²) in [6, 6.07) is 0.988. The summed E-state index contributed by atoms with van der Waals surface area (Å²) >= 11 is 5.84. The number of hydrogen-bond donors (Lipinski definition) is 1. The van der Waals surface area contributed by atoms with Gasteiger partial charge in [-0.15, -0.1) is 0 Å².